The molecule has 1 N–H and O–H groups in total. The van der Waals surface area contributed by atoms with Gasteiger partial charge in [-0.25, -0.2) is 0 Å². The molecular formula is C12H18O3. The molecule has 2 saturated carbocycles. The molecule has 0 bridgehead atoms. The van der Waals surface area contributed by atoms with E-state index in [0.29, 0.717) is 18.3 Å². The average molecular weight is 210 g/mol. The van der Waals surface area contributed by atoms with Gasteiger partial charge in [0.1, 0.15) is 5.78 Å². The Hall–Kier alpha value is -0.860. The molecule has 3 nitrogen and oxygen atoms in total. The van der Waals surface area contributed by atoms with Gasteiger partial charge in [-0.3, -0.25) is 9.59 Å². The van der Waals surface area contributed by atoms with E-state index in [0.717, 1.165) is 12.8 Å². The van der Waals surface area contributed by atoms with Crippen molar-refractivity contribution in [2.45, 2.75) is 44.9 Å². The number of carbonyl (C=O) groups is 2. The fourth-order valence-corrected chi connectivity index (χ4v) is 3.33. The van der Waals surface area contributed by atoms with Crippen LogP contribution in [-0.2, 0) is 9.59 Å². The summed E-state index contributed by atoms with van der Waals surface area (Å²) in [5.74, 6) is 0.193. The molecule has 2 aliphatic rings. The van der Waals surface area contributed by atoms with Crippen molar-refractivity contribution in [3.8, 4) is 0 Å². The monoisotopic (exact) mass is 210 g/mol. The number of aliphatic carboxylic acids is 1. The Morgan fingerprint density at radius 1 is 1.27 bits per heavy atom. The van der Waals surface area contributed by atoms with E-state index in [1.165, 1.54) is 19.3 Å². The van der Waals surface area contributed by atoms with E-state index in [9.17, 15) is 9.59 Å². The summed E-state index contributed by atoms with van der Waals surface area (Å²) in [6.07, 6.45) is 6.36. The van der Waals surface area contributed by atoms with Gasteiger partial charge in [-0.2, -0.15) is 0 Å². The van der Waals surface area contributed by atoms with E-state index in [-0.39, 0.29) is 18.1 Å². The maximum Gasteiger partial charge on any atom is 0.304 e. The van der Waals surface area contributed by atoms with E-state index in [4.69, 9.17) is 5.11 Å². The average Bonchev–Trinajstić information content (AvgIpc) is 2.22. The third-order valence-electron chi connectivity index (χ3n) is 4.05. The van der Waals surface area contributed by atoms with Crippen LogP contribution < -0.4 is 0 Å². The third kappa shape index (κ3) is 2.21. The molecule has 0 amide bonds. The Morgan fingerprint density at radius 2 is 2.00 bits per heavy atom. The Balaban J connectivity index is 2.09. The lowest BCUT2D eigenvalue weighted by atomic mass is 9.64. The molecule has 0 unspecified atom stereocenters. The van der Waals surface area contributed by atoms with Crippen molar-refractivity contribution in [3.05, 3.63) is 0 Å². The highest BCUT2D eigenvalue weighted by molar-refractivity contribution is 5.85. The fraction of sp³-hybridized carbons (Fsp3) is 0.833. The fourth-order valence-electron chi connectivity index (χ4n) is 3.33. The molecule has 0 aliphatic heterocycles. The summed E-state index contributed by atoms with van der Waals surface area (Å²) in [5.41, 5.74) is 0. The van der Waals surface area contributed by atoms with Crippen molar-refractivity contribution in [1.82, 2.24) is 0 Å². The van der Waals surface area contributed by atoms with E-state index < -0.39 is 5.97 Å². The van der Waals surface area contributed by atoms with Crippen molar-refractivity contribution >= 4 is 11.8 Å². The zero-order valence-electron chi connectivity index (χ0n) is 8.95. The molecule has 0 aromatic rings. The van der Waals surface area contributed by atoms with Crippen LogP contribution in [0.25, 0.3) is 0 Å². The van der Waals surface area contributed by atoms with Gasteiger partial charge in [-0.1, -0.05) is 19.3 Å². The number of carboxylic acid groups (broad SMARTS) is 1. The quantitative estimate of drug-likeness (QED) is 0.760. The summed E-state index contributed by atoms with van der Waals surface area (Å²) in [4.78, 5) is 22.5. The van der Waals surface area contributed by atoms with Crippen LogP contribution in [0.2, 0.25) is 0 Å². The second-order valence-electron chi connectivity index (χ2n) is 4.92. The van der Waals surface area contributed by atoms with Crippen molar-refractivity contribution in [1.29, 1.82) is 0 Å². The highest BCUT2D eigenvalue weighted by atomic mass is 16.4. The molecule has 0 heterocycles. The van der Waals surface area contributed by atoms with Gasteiger partial charge in [0.25, 0.3) is 0 Å². The lowest BCUT2D eigenvalue weighted by molar-refractivity contribution is -0.144. The molecule has 2 aliphatic carbocycles. The van der Waals surface area contributed by atoms with Crippen LogP contribution in [0.15, 0.2) is 0 Å². The zero-order valence-corrected chi connectivity index (χ0v) is 8.95. The maximum absolute atomic E-state index is 11.7. The van der Waals surface area contributed by atoms with Gasteiger partial charge in [-0.05, 0) is 24.7 Å². The number of Topliss-reactive ketones (excluding diaryl/α,β-unsaturated/α-hetero) is 1. The van der Waals surface area contributed by atoms with Gasteiger partial charge >= 0.3 is 5.97 Å². The first-order valence-electron chi connectivity index (χ1n) is 5.93. The van der Waals surface area contributed by atoms with Crippen LogP contribution in [-0.4, -0.2) is 16.9 Å². The molecule has 84 valence electrons. The first kappa shape index (κ1) is 10.7. The van der Waals surface area contributed by atoms with Gasteiger partial charge in [0.2, 0.25) is 0 Å². The largest absolute Gasteiger partial charge is 0.481 e. The molecule has 3 atom stereocenters. The number of hydrogen-bond acceptors (Lipinski definition) is 2. The molecule has 0 spiro atoms. The Kier molecular flexibility index (Phi) is 3.08. The van der Waals surface area contributed by atoms with E-state index in [1.807, 2.05) is 0 Å². The van der Waals surface area contributed by atoms with Crippen LogP contribution in [0.4, 0.5) is 0 Å². The molecule has 0 aromatic carbocycles. The molecule has 3 heteroatoms. The first-order valence-corrected chi connectivity index (χ1v) is 5.93. The molecule has 0 saturated heterocycles. The first-order chi connectivity index (χ1) is 7.18. The topological polar surface area (TPSA) is 54.4 Å². The Bertz CT molecular complexity index is 272. The summed E-state index contributed by atoms with van der Waals surface area (Å²) in [5, 5.41) is 8.82. The third-order valence-corrected chi connectivity index (χ3v) is 4.05. The summed E-state index contributed by atoms with van der Waals surface area (Å²) < 4.78 is 0. The van der Waals surface area contributed by atoms with Gasteiger partial charge < -0.3 is 5.11 Å². The molecule has 0 radical (unpaired) electrons. The van der Waals surface area contributed by atoms with Gasteiger partial charge in [-0.15, -0.1) is 0 Å². The minimum absolute atomic E-state index is 0.0556. The molecule has 0 aromatic heterocycles. The predicted molar refractivity (Wildman–Crippen MR) is 55.4 cm³/mol. The SMILES string of the molecule is O=C(O)C[C@@H]1C(=O)CC[C@@H]2CCCC[C@H]21. The van der Waals surface area contributed by atoms with Crippen LogP contribution in [0.1, 0.15) is 44.9 Å². The standard InChI is InChI=1S/C12H18O3/c13-11-6-5-8-3-1-2-4-9(8)10(11)7-12(14)15/h8-10H,1-7H2,(H,14,15)/t8-,9+,10-/m0/s1. The van der Waals surface area contributed by atoms with Gasteiger partial charge in [0, 0.05) is 12.3 Å². The van der Waals surface area contributed by atoms with Crippen LogP contribution in [0.3, 0.4) is 0 Å². The van der Waals surface area contributed by atoms with Crippen LogP contribution >= 0.6 is 0 Å². The lowest BCUT2D eigenvalue weighted by Gasteiger charge is -2.39. The Morgan fingerprint density at radius 3 is 2.73 bits per heavy atom. The minimum atomic E-state index is -0.820. The summed E-state index contributed by atoms with van der Waals surface area (Å²) in [7, 11) is 0. The number of carbonyl (C=O) groups excluding carboxylic acids is 1. The van der Waals surface area contributed by atoms with Crippen LogP contribution in [0, 0.1) is 17.8 Å². The predicted octanol–water partition coefficient (Wildman–Crippen LogP) is 2.25. The van der Waals surface area contributed by atoms with Crippen LogP contribution in [0.5, 0.6) is 0 Å². The van der Waals surface area contributed by atoms with Crippen molar-refractivity contribution < 1.29 is 14.7 Å². The number of ketones is 1. The Labute approximate surface area is 89.9 Å². The van der Waals surface area contributed by atoms with E-state index >= 15 is 0 Å². The molecule has 15 heavy (non-hydrogen) atoms. The zero-order chi connectivity index (χ0) is 10.8. The van der Waals surface area contributed by atoms with E-state index in [1.54, 1.807) is 0 Å². The summed E-state index contributed by atoms with van der Waals surface area (Å²) in [6.45, 7) is 0. The maximum atomic E-state index is 11.7. The second-order valence-corrected chi connectivity index (χ2v) is 4.92. The summed E-state index contributed by atoms with van der Waals surface area (Å²) in [6, 6.07) is 0. The lowest BCUT2D eigenvalue weighted by Crippen LogP contribution is -2.38. The number of fused-ring (bicyclic) bond motifs is 1. The molecule has 2 rings (SSSR count). The second kappa shape index (κ2) is 4.33. The van der Waals surface area contributed by atoms with Crippen molar-refractivity contribution in [2.24, 2.45) is 17.8 Å². The number of hydrogen-bond donors (Lipinski definition) is 1. The van der Waals surface area contributed by atoms with Gasteiger partial charge in [0.05, 0.1) is 6.42 Å². The van der Waals surface area contributed by atoms with Gasteiger partial charge in [0.15, 0.2) is 0 Å². The summed E-state index contributed by atoms with van der Waals surface area (Å²) >= 11 is 0. The highest BCUT2D eigenvalue weighted by Crippen LogP contribution is 2.43. The smallest absolute Gasteiger partial charge is 0.304 e. The number of rotatable bonds is 2. The van der Waals surface area contributed by atoms with E-state index in [2.05, 4.69) is 0 Å². The highest BCUT2D eigenvalue weighted by Gasteiger charge is 2.40. The van der Waals surface area contributed by atoms with Crippen molar-refractivity contribution in [3.63, 3.8) is 0 Å². The number of carboxylic acids is 1. The minimum Gasteiger partial charge on any atom is -0.481 e. The molecular weight excluding hydrogens is 192 g/mol. The van der Waals surface area contributed by atoms with Crippen molar-refractivity contribution in [2.75, 3.05) is 0 Å². The normalized spacial score (nSPS) is 36.0. The molecule has 2 fully saturated rings.